The molecule has 4 aliphatic rings. The van der Waals surface area contributed by atoms with Crippen molar-refractivity contribution >= 4 is 79.2 Å². The van der Waals surface area contributed by atoms with Gasteiger partial charge in [0.25, 0.3) is 0 Å². The first kappa shape index (κ1) is 27.3. The van der Waals surface area contributed by atoms with Crippen LogP contribution >= 0.6 is 0 Å². The number of carbonyl (C=O) groups excluding carboxylic acids is 2. The molecule has 1 aromatic carbocycles. The van der Waals surface area contributed by atoms with Crippen LogP contribution in [0.4, 0.5) is 15.3 Å². The van der Waals surface area contributed by atoms with Crippen LogP contribution in [0, 0.1) is 0 Å². The SMILES string of the molecule is CC(C)(C)OC(=O)N1CC(N2CC(S(=O)(=O)NC(=O)Nc3c4c(cc5c3CCC5)CCC4)C2)C1.[K]. The van der Waals surface area contributed by atoms with Crippen molar-refractivity contribution in [3.05, 3.63) is 28.3 Å². The Morgan fingerprint density at radius 3 is 2.09 bits per heavy atom. The van der Waals surface area contributed by atoms with Crippen molar-refractivity contribution in [2.45, 2.75) is 76.2 Å². The Hall–Kier alpha value is -0.694. The van der Waals surface area contributed by atoms with Crippen LogP contribution in [-0.2, 0) is 40.4 Å². The molecule has 5 rings (SSSR count). The van der Waals surface area contributed by atoms with Gasteiger partial charge in [-0.2, -0.15) is 0 Å². The number of fused-ring (bicyclic) bond motifs is 2. The van der Waals surface area contributed by atoms with Crippen molar-refractivity contribution in [2.75, 3.05) is 31.5 Å². The van der Waals surface area contributed by atoms with Crippen molar-refractivity contribution in [1.29, 1.82) is 0 Å². The van der Waals surface area contributed by atoms with Crippen LogP contribution in [0.25, 0.3) is 0 Å². The second-order valence-electron chi connectivity index (χ2n) is 11.0. The number of benzene rings is 1. The molecule has 0 unspecified atom stereocenters. The molecule has 2 N–H and O–H groups in total. The summed E-state index contributed by atoms with van der Waals surface area (Å²) in [5.74, 6) is 0. The molecule has 1 aromatic rings. The monoisotopic (exact) mass is 529 g/mol. The van der Waals surface area contributed by atoms with E-state index >= 15 is 0 Å². The van der Waals surface area contributed by atoms with Gasteiger partial charge in [0, 0.05) is 89.3 Å². The minimum absolute atomic E-state index is 0. The normalized spacial score (nSPS) is 20.3. The number of aryl methyl sites for hydroxylation is 2. The molecule has 35 heavy (non-hydrogen) atoms. The number of rotatable bonds is 4. The Morgan fingerprint density at radius 2 is 1.54 bits per heavy atom. The van der Waals surface area contributed by atoms with Crippen LogP contribution in [0.1, 0.15) is 55.9 Å². The smallest absolute Gasteiger partial charge is 0.410 e. The van der Waals surface area contributed by atoms with Crippen molar-refractivity contribution in [3.63, 3.8) is 0 Å². The molecule has 0 aromatic heterocycles. The Labute approximate surface area is 250 Å². The van der Waals surface area contributed by atoms with E-state index in [2.05, 4.69) is 16.1 Å². The largest absolute Gasteiger partial charge is 0.444 e. The number of likely N-dealkylation sites (tertiary alicyclic amines) is 2. The summed E-state index contributed by atoms with van der Waals surface area (Å²) < 4.78 is 33.2. The Kier molecular flexibility index (Phi) is 7.99. The van der Waals surface area contributed by atoms with Gasteiger partial charge in [0.15, 0.2) is 0 Å². The van der Waals surface area contributed by atoms with Gasteiger partial charge in [-0.3, -0.25) is 4.90 Å². The van der Waals surface area contributed by atoms with E-state index in [9.17, 15) is 18.0 Å². The molecule has 2 fully saturated rings. The maximum atomic E-state index is 12.8. The van der Waals surface area contributed by atoms with Gasteiger partial charge in [-0.25, -0.2) is 22.7 Å². The zero-order chi connectivity index (χ0) is 24.3. The average Bonchev–Trinajstić information content (AvgIpc) is 3.28. The van der Waals surface area contributed by atoms with E-state index in [0.29, 0.717) is 26.2 Å². The number of ether oxygens (including phenoxy) is 1. The summed E-state index contributed by atoms with van der Waals surface area (Å²) in [6.45, 7) is 7.24. The fourth-order valence-corrected chi connectivity index (χ4v) is 6.70. The molecule has 2 heterocycles. The molecule has 0 spiro atoms. The molecular weight excluding hydrogens is 495 g/mol. The molecule has 2 saturated heterocycles. The minimum atomic E-state index is -3.78. The van der Waals surface area contributed by atoms with Gasteiger partial charge in [0.05, 0.1) is 0 Å². The zero-order valence-electron chi connectivity index (χ0n) is 21.1. The number of anilines is 1. The van der Waals surface area contributed by atoms with Crippen LogP contribution in [-0.4, -0.2) is 125 Å². The van der Waals surface area contributed by atoms with E-state index in [1.165, 1.54) is 22.3 Å². The fraction of sp³-hybridized carbons (Fsp3) is 0.667. The van der Waals surface area contributed by atoms with E-state index in [-0.39, 0.29) is 63.5 Å². The summed E-state index contributed by atoms with van der Waals surface area (Å²) >= 11 is 0. The first-order chi connectivity index (χ1) is 16.0. The minimum Gasteiger partial charge on any atom is -0.444 e. The van der Waals surface area contributed by atoms with Crippen LogP contribution in [0.5, 0.6) is 0 Å². The summed E-state index contributed by atoms with van der Waals surface area (Å²) in [7, 11) is -3.78. The average molecular weight is 530 g/mol. The van der Waals surface area contributed by atoms with Crippen LogP contribution in [0.2, 0.25) is 0 Å². The Bertz CT molecular complexity index is 1090. The van der Waals surface area contributed by atoms with Gasteiger partial charge < -0.3 is 15.0 Å². The number of hydrogen-bond acceptors (Lipinski definition) is 6. The number of sulfonamides is 1. The second-order valence-corrected chi connectivity index (χ2v) is 12.9. The number of amides is 3. The predicted octanol–water partition coefficient (Wildman–Crippen LogP) is 2.04. The summed E-state index contributed by atoms with van der Waals surface area (Å²) in [6, 6.07) is 1.73. The second kappa shape index (κ2) is 10.2. The summed E-state index contributed by atoms with van der Waals surface area (Å²) in [6.07, 6.45) is 5.66. The van der Waals surface area contributed by atoms with Gasteiger partial charge in [0.1, 0.15) is 10.9 Å². The van der Waals surface area contributed by atoms with E-state index in [1.54, 1.807) is 4.90 Å². The van der Waals surface area contributed by atoms with Crippen LogP contribution in [0.3, 0.4) is 0 Å². The molecule has 0 saturated carbocycles. The number of hydrogen-bond donors (Lipinski definition) is 2. The summed E-state index contributed by atoms with van der Waals surface area (Å²) in [5, 5.41) is 2.26. The zero-order valence-corrected chi connectivity index (χ0v) is 25.1. The van der Waals surface area contributed by atoms with Crippen LogP contribution < -0.4 is 10.0 Å². The van der Waals surface area contributed by atoms with Crippen molar-refractivity contribution < 1.29 is 22.7 Å². The number of carbonyl (C=O) groups is 2. The molecule has 2 aliphatic carbocycles. The van der Waals surface area contributed by atoms with E-state index in [4.69, 9.17) is 4.74 Å². The van der Waals surface area contributed by atoms with E-state index in [0.717, 1.165) is 44.2 Å². The first-order valence-electron chi connectivity index (χ1n) is 12.2. The van der Waals surface area contributed by atoms with Gasteiger partial charge in [-0.15, -0.1) is 0 Å². The third kappa shape index (κ3) is 5.76. The predicted molar refractivity (Wildman–Crippen MR) is 134 cm³/mol. The van der Waals surface area contributed by atoms with Crippen LogP contribution in [0.15, 0.2) is 6.07 Å². The Morgan fingerprint density at radius 1 is 0.971 bits per heavy atom. The van der Waals surface area contributed by atoms with Gasteiger partial charge in [-0.05, 0) is 81.5 Å². The molecule has 9 nitrogen and oxygen atoms in total. The van der Waals surface area contributed by atoms with Gasteiger partial charge >= 0.3 is 12.1 Å². The van der Waals surface area contributed by atoms with Crippen molar-refractivity contribution in [3.8, 4) is 0 Å². The van der Waals surface area contributed by atoms with Crippen molar-refractivity contribution in [1.82, 2.24) is 14.5 Å². The quantitative estimate of drug-likeness (QED) is 0.578. The van der Waals surface area contributed by atoms with Gasteiger partial charge in [-0.1, -0.05) is 6.07 Å². The molecule has 11 heteroatoms. The van der Waals surface area contributed by atoms with E-state index < -0.39 is 26.9 Å². The summed E-state index contributed by atoms with van der Waals surface area (Å²) in [4.78, 5) is 28.5. The van der Waals surface area contributed by atoms with E-state index in [1.807, 2.05) is 25.7 Å². The third-order valence-corrected chi connectivity index (χ3v) is 8.94. The maximum absolute atomic E-state index is 12.8. The van der Waals surface area contributed by atoms with Crippen molar-refractivity contribution in [2.24, 2.45) is 0 Å². The molecule has 1 radical (unpaired) electrons. The summed E-state index contributed by atoms with van der Waals surface area (Å²) in [5.41, 5.74) is 5.21. The molecule has 3 amide bonds. The maximum Gasteiger partial charge on any atom is 0.410 e. The first-order valence-corrected chi connectivity index (χ1v) is 13.8. The molecule has 2 aliphatic heterocycles. The molecular formula is C24H34KN4O5S. The number of nitrogens with one attached hydrogen (secondary N) is 2. The topological polar surface area (TPSA) is 108 Å². The number of nitrogens with zero attached hydrogens (tertiary/aromatic N) is 2. The number of urea groups is 1. The Balaban J connectivity index is 0.00000289. The molecule has 0 atom stereocenters. The fourth-order valence-electron chi connectivity index (χ4n) is 5.44. The standard InChI is InChI=1S/C24H34N4O5S.K/c1-24(2,3)33-23(30)28-11-17(12-28)27-13-18(14-27)34(31,32)26-22(29)25-21-19-8-4-6-15(19)10-16-7-5-9-20(16)21;/h10,17-18H,4-9,11-14H2,1-3H3,(H2,25,26,29);. The third-order valence-electron chi connectivity index (χ3n) is 7.29. The molecule has 0 bridgehead atoms. The molecule has 187 valence electrons. The van der Waals surface area contributed by atoms with Gasteiger partial charge in [0.2, 0.25) is 10.0 Å².